The quantitative estimate of drug-likeness (QED) is 0.364. The number of hydrogen-bond donors (Lipinski definition) is 3. The summed E-state index contributed by atoms with van der Waals surface area (Å²) in [7, 11) is 0. The molecule has 0 unspecified atom stereocenters. The summed E-state index contributed by atoms with van der Waals surface area (Å²) in [5.41, 5.74) is 2.41. The zero-order valence-electron chi connectivity index (χ0n) is 17.4. The molecule has 0 atom stereocenters. The average Bonchev–Trinajstić information content (AvgIpc) is 3.45. The van der Waals surface area contributed by atoms with Gasteiger partial charge in [-0.15, -0.1) is 0 Å². The molecule has 32 heavy (non-hydrogen) atoms. The smallest absolute Gasteiger partial charge is 0.387 e. The minimum atomic E-state index is -2.96. The number of imidazole rings is 1. The molecular weight excluding hydrogens is 420 g/mol. The summed E-state index contributed by atoms with van der Waals surface area (Å²) in [6.07, 6.45) is 1.77. The van der Waals surface area contributed by atoms with Crippen molar-refractivity contribution < 1.29 is 23.0 Å². The van der Waals surface area contributed by atoms with Crippen LogP contribution in [0.25, 0.3) is 11.3 Å². The van der Waals surface area contributed by atoms with Crippen LogP contribution in [0.3, 0.4) is 0 Å². The fourth-order valence-electron chi connectivity index (χ4n) is 3.18. The molecule has 1 aromatic heterocycles. The molecule has 0 bridgehead atoms. The van der Waals surface area contributed by atoms with Gasteiger partial charge >= 0.3 is 6.61 Å². The first-order valence-corrected chi connectivity index (χ1v) is 10.1. The number of benzene rings is 2. The first kappa shape index (κ1) is 21.4. The molecule has 0 spiro atoms. The Labute approximate surface area is 183 Å². The molecule has 0 aliphatic carbocycles. The van der Waals surface area contributed by atoms with Gasteiger partial charge in [-0.25, -0.2) is 9.98 Å². The summed E-state index contributed by atoms with van der Waals surface area (Å²) in [5, 5.41) is 6.31. The summed E-state index contributed by atoms with van der Waals surface area (Å²) < 4.78 is 40.9. The van der Waals surface area contributed by atoms with Crippen molar-refractivity contribution in [3.63, 3.8) is 0 Å². The van der Waals surface area contributed by atoms with Crippen molar-refractivity contribution in [2.45, 2.75) is 26.6 Å². The van der Waals surface area contributed by atoms with Crippen molar-refractivity contribution in [3.05, 3.63) is 60.0 Å². The predicted molar refractivity (Wildman–Crippen MR) is 115 cm³/mol. The third-order valence-electron chi connectivity index (χ3n) is 4.66. The van der Waals surface area contributed by atoms with E-state index in [-0.39, 0.29) is 19.1 Å². The number of halogens is 2. The highest BCUT2D eigenvalue weighted by Crippen LogP contribution is 2.39. The second kappa shape index (κ2) is 9.99. The summed E-state index contributed by atoms with van der Waals surface area (Å²) >= 11 is 0. The average molecular weight is 443 g/mol. The number of nitrogens with one attached hydrogen (secondary N) is 3. The zero-order chi connectivity index (χ0) is 22.3. The van der Waals surface area contributed by atoms with Gasteiger partial charge in [0.15, 0.2) is 17.5 Å². The molecule has 1 aliphatic heterocycles. The third kappa shape index (κ3) is 5.26. The van der Waals surface area contributed by atoms with Crippen LogP contribution in [0.2, 0.25) is 0 Å². The number of aromatic nitrogens is 2. The van der Waals surface area contributed by atoms with Gasteiger partial charge in [0.25, 0.3) is 0 Å². The van der Waals surface area contributed by atoms with Gasteiger partial charge in [0.1, 0.15) is 11.6 Å². The Morgan fingerprint density at radius 2 is 1.97 bits per heavy atom. The van der Waals surface area contributed by atoms with E-state index in [4.69, 9.17) is 9.47 Å². The van der Waals surface area contributed by atoms with E-state index < -0.39 is 6.61 Å². The summed E-state index contributed by atoms with van der Waals surface area (Å²) in [4.78, 5) is 12.2. The Kier molecular flexibility index (Phi) is 6.69. The van der Waals surface area contributed by atoms with Gasteiger partial charge in [-0.05, 0) is 18.6 Å². The first-order valence-electron chi connectivity index (χ1n) is 10.1. The van der Waals surface area contributed by atoms with Gasteiger partial charge in [-0.2, -0.15) is 8.78 Å². The number of rotatable bonds is 8. The Hall–Kier alpha value is -3.82. The molecule has 3 aromatic rings. The van der Waals surface area contributed by atoms with Crippen molar-refractivity contribution in [1.82, 2.24) is 20.6 Å². The normalized spacial score (nSPS) is 12.8. The lowest BCUT2D eigenvalue weighted by molar-refractivity contribution is -0.0505. The number of ether oxygens (including phenoxy) is 3. The van der Waals surface area contributed by atoms with E-state index in [1.54, 1.807) is 12.3 Å². The summed E-state index contributed by atoms with van der Waals surface area (Å²) in [5.74, 6) is 2.08. The van der Waals surface area contributed by atoms with Crippen LogP contribution in [0.5, 0.6) is 17.2 Å². The maximum Gasteiger partial charge on any atom is 0.387 e. The minimum absolute atomic E-state index is 0.00221. The van der Waals surface area contributed by atoms with Gasteiger partial charge in [0.2, 0.25) is 6.79 Å². The number of aromatic amines is 1. The molecule has 3 N–H and O–H groups in total. The van der Waals surface area contributed by atoms with Gasteiger partial charge in [-0.1, -0.05) is 30.3 Å². The van der Waals surface area contributed by atoms with Crippen LogP contribution >= 0.6 is 0 Å². The van der Waals surface area contributed by atoms with Gasteiger partial charge in [0, 0.05) is 18.2 Å². The maximum atomic E-state index is 12.8. The van der Waals surface area contributed by atoms with Crippen LogP contribution in [0.15, 0.2) is 53.7 Å². The number of hydrogen-bond acceptors (Lipinski definition) is 5. The molecule has 2 heterocycles. The molecule has 0 saturated heterocycles. The lowest BCUT2D eigenvalue weighted by Gasteiger charge is -2.13. The number of aliphatic imine (C=N–C) groups is 1. The molecule has 4 rings (SSSR count). The van der Waals surface area contributed by atoms with Crippen LogP contribution in [0.1, 0.15) is 18.3 Å². The second-order valence-electron chi connectivity index (χ2n) is 6.85. The second-order valence-corrected chi connectivity index (χ2v) is 6.85. The molecule has 2 aromatic carbocycles. The van der Waals surface area contributed by atoms with Gasteiger partial charge in [0.05, 0.1) is 25.0 Å². The Bertz CT molecular complexity index is 1070. The zero-order valence-corrected chi connectivity index (χ0v) is 17.4. The molecule has 0 saturated carbocycles. The van der Waals surface area contributed by atoms with Crippen LogP contribution < -0.4 is 24.8 Å². The lowest BCUT2D eigenvalue weighted by atomic mass is 10.1. The predicted octanol–water partition coefficient (Wildman–Crippen LogP) is 3.66. The van der Waals surface area contributed by atoms with Gasteiger partial charge in [-0.3, -0.25) is 0 Å². The van der Waals surface area contributed by atoms with E-state index in [0.29, 0.717) is 36.1 Å². The lowest BCUT2D eigenvalue weighted by Crippen LogP contribution is -2.37. The molecule has 168 valence electrons. The van der Waals surface area contributed by atoms with E-state index in [9.17, 15) is 8.78 Å². The molecule has 0 amide bonds. The summed E-state index contributed by atoms with van der Waals surface area (Å²) in [6.45, 7) is 0.141. The number of alkyl halides is 2. The van der Waals surface area contributed by atoms with Crippen LogP contribution in [-0.2, 0) is 13.1 Å². The standard InChI is InChI=1S/C22H23F2N5O3/c1-2-25-22(28-12-20-26-11-16(29-20)14-6-4-3-5-7-14)27-10-15-8-18-19(31-13-30-18)9-17(15)32-21(23)24/h3-9,11,21H,2,10,12-13H2,1H3,(H,26,29)(H2,25,27,28). The highest BCUT2D eigenvalue weighted by atomic mass is 19.3. The fraction of sp³-hybridized carbons (Fsp3) is 0.273. The number of guanidine groups is 1. The highest BCUT2D eigenvalue weighted by Gasteiger charge is 2.20. The number of nitrogens with zero attached hydrogens (tertiary/aromatic N) is 2. The molecule has 0 radical (unpaired) electrons. The van der Waals surface area contributed by atoms with Crippen LogP contribution in [-0.4, -0.2) is 35.9 Å². The SMILES string of the molecule is CCNC(=NCc1cc2c(cc1OC(F)F)OCO2)NCc1ncc(-c2ccccc2)[nH]1. The molecule has 1 aliphatic rings. The minimum Gasteiger partial charge on any atom is -0.454 e. The van der Waals surface area contributed by atoms with Crippen molar-refractivity contribution in [2.24, 2.45) is 4.99 Å². The first-order chi connectivity index (χ1) is 15.6. The fourth-order valence-corrected chi connectivity index (χ4v) is 3.18. The van der Waals surface area contributed by atoms with E-state index in [1.165, 1.54) is 6.07 Å². The number of fused-ring (bicyclic) bond motifs is 1. The molecule has 0 fully saturated rings. The van der Waals surface area contributed by atoms with Crippen LogP contribution in [0.4, 0.5) is 8.78 Å². The highest BCUT2D eigenvalue weighted by molar-refractivity contribution is 5.79. The van der Waals surface area contributed by atoms with E-state index >= 15 is 0 Å². The van der Waals surface area contributed by atoms with Crippen molar-refractivity contribution in [3.8, 4) is 28.5 Å². The van der Waals surface area contributed by atoms with Crippen molar-refractivity contribution in [2.75, 3.05) is 13.3 Å². The van der Waals surface area contributed by atoms with Crippen molar-refractivity contribution >= 4 is 5.96 Å². The Morgan fingerprint density at radius 1 is 1.19 bits per heavy atom. The third-order valence-corrected chi connectivity index (χ3v) is 4.66. The van der Waals surface area contributed by atoms with E-state index in [1.807, 2.05) is 37.3 Å². The molecule has 10 heteroatoms. The van der Waals surface area contributed by atoms with Crippen molar-refractivity contribution in [1.29, 1.82) is 0 Å². The topological polar surface area (TPSA) is 92.8 Å². The molecular formula is C22H23F2N5O3. The van der Waals surface area contributed by atoms with Crippen LogP contribution in [0, 0.1) is 0 Å². The van der Waals surface area contributed by atoms with E-state index in [2.05, 4.69) is 30.3 Å². The maximum absolute atomic E-state index is 12.8. The van der Waals surface area contributed by atoms with E-state index in [0.717, 1.165) is 17.1 Å². The van der Waals surface area contributed by atoms with Gasteiger partial charge < -0.3 is 29.8 Å². The largest absolute Gasteiger partial charge is 0.454 e. The number of H-pyrrole nitrogens is 1. The Morgan fingerprint density at radius 3 is 2.72 bits per heavy atom. The molecule has 8 nitrogen and oxygen atoms in total. The Balaban J connectivity index is 1.45. The summed E-state index contributed by atoms with van der Waals surface area (Å²) in [6, 6.07) is 12.9. The monoisotopic (exact) mass is 443 g/mol.